The van der Waals surface area contributed by atoms with Crippen LogP contribution in [-0.4, -0.2) is 12.0 Å². The third-order valence-electron chi connectivity index (χ3n) is 2.55. The topological polar surface area (TPSA) is 38.3 Å². The van der Waals surface area contributed by atoms with Crippen molar-refractivity contribution < 1.29 is 9.53 Å². The van der Waals surface area contributed by atoms with E-state index in [1.165, 1.54) is 0 Å². The first-order valence-electron chi connectivity index (χ1n) is 6.38. The standard InChI is InChI=1S/C16H16INO2/c1-11(2)20-15-8-3-5-12(9-15)16(19)18-14-7-4-6-13(17)10-14/h3-11H,1-2H3,(H,18,19). The number of hydrogen-bond donors (Lipinski definition) is 1. The molecule has 20 heavy (non-hydrogen) atoms. The summed E-state index contributed by atoms with van der Waals surface area (Å²) in [5.41, 5.74) is 1.37. The van der Waals surface area contributed by atoms with Gasteiger partial charge in [-0.15, -0.1) is 0 Å². The van der Waals surface area contributed by atoms with Crippen LogP contribution in [-0.2, 0) is 0 Å². The lowest BCUT2D eigenvalue weighted by Gasteiger charge is -2.11. The van der Waals surface area contributed by atoms with Crippen molar-refractivity contribution in [3.8, 4) is 5.75 Å². The molecule has 0 heterocycles. The summed E-state index contributed by atoms with van der Waals surface area (Å²) >= 11 is 2.21. The van der Waals surface area contributed by atoms with Crippen molar-refractivity contribution in [2.75, 3.05) is 5.32 Å². The van der Waals surface area contributed by atoms with E-state index in [-0.39, 0.29) is 12.0 Å². The summed E-state index contributed by atoms with van der Waals surface area (Å²) in [6.07, 6.45) is 0.0870. The number of halogens is 1. The number of nitrogens with one attached hydrogen (secondary N) is 1. The molecule has 104 valence electrons. The van der Waals surface area contributed by atoms with Crippen LogP contribution in [0.3, 0.4) is 0 Å². The first-order valence-corrected chi connectivity index (χ1v) is 7.46. The Hall–Kier alpha value is -1.56. The second-order valence-corrected chi connectivity index (χ2v) is 5.90. The summed E-state index contributed by atoms with van der Waals surface area (Å²) in [6, 6.07) is 14.9. The molecule has 2 aromatic carbocycles. The maximum absolute atomic E-state index is 12.2. The van der Waals surface area contributed by atoms with E-state index in [9.17, 15) is 4.79 Å². The van der Waals surface area contributed by atoms with Gasteiger partial charge in [0.15, 0.2) is 0 Å². The van der Waals surface area contributed by atoms with Crippen LogP contribution in [0.25, 0.3) is 0 Å². The minimum atomic E-state index is -0.138. The largest absolute Gasteiger partial charge is 0.491 e. The Morgan fingerprint density at radius 1 is 1.15 bits per heavy atom. The smallest absolute Gasteiger partial charge is 0.255 e. The zero-order valence-electron chi connectivity index (χ0n) is 11.4. The molecule has 0 fully saturated rings. The Bertz CT molecular complexity index is 611. The molecule has 0 aromatic heterocycles. The quantitative estimate of drug-likeness (QED) is 0.801. The van der Waals surface area contributed by atoms with Gasteiger partial charge in [-0.3, -0.25) is 4.79 Å². The highest BCUT2D eigenvalue weighted by Crippen LogP contribution is 2.17. The minimum Gasteiger partial charge on any atom is -0.491 e. The van der Waals surface area contributed by atoms with Crippen LogP contribution in [0.15, 0.2) is 48.5 Å². The third kappa shape index (κ3) is 4.23. The van der Waals surface area contributed by atoms with Crippen molar-refractivity contribution in [1.29, 1.82) is 0 Å². The lowest BCUT2D eigenvalue weighted by atomic mass is 10.2. The van der Waals surface area contributed by atoms with Crippen molar-refractivity contribution in [3.05, 3.63) is 57.7 Å². The van der Waals surface area contributed by atoms with Gasteiger partial charge in [-0.25, -0.2) is 0 Å². The van der Waals surface area contributed by atoms with E-state index >= 15 is 0 Å². The predicted octanol–water partition coefficient (Wildman–Crippen LogP) is 4.33. The van der Waals surface area contributed by atoms with Gasteiger partial charge in [0.25, 0.3) is 5.91 Å². The highest BCUT2D eigenvalue weighted by atomic mass is 127. The van der Waals surface area contributed by atoms with E-state index in [1.54, 1.807) is 12.1 Å². The fourth-order valence-corrected chi connectivity index (χ4v) is 2.30. The first kappa shape index (κ1) is 14.8. The molecule has 1 N–H and O–H groups in total. The van der Waals surface area contributed by atoms with Gasteiger partial charge < -0.3 is 10.1 Å². The Morgan fingerprint density at radius 3 is 2.60 bits per heavy atom. The highest BCUT2D eigenvalue weighted by Gasteiger charge is 2.08. The van der Waals surface area contributed by atoms with Crippen LogP contribution in [0.5, 0.6) is 5.75 Å². The number of carbonyl (C=O) groups excluding carboxylic acids is 1. The van der Waals surface area contributed by atoms with Crippen LogP contribution in [0.1, 0.15) is 24.2 Å². The van der Waals surface area contributed by atoms with Gasteiger partial charge in [0, 0.05) is 14.8 Å². The summed E-state index contributed by atoms with van der Waals surface area (Å²) in [4.78, 5) is 12.2. The van der Waals surface area contributed by atoms with Gasteiger partial charge in [-0.1, -0.05) is 12.1 Å². The van der Waals surface area contributed by atoms with Crippen LogP contribution in [0.4, 0.5) is 5.69 Å². The molecule has 0 aliphatic heterocycles. The number of benzene rings is 2. The molecule has 2 rings (SSSR count). The molecule has 1 amide bonds. The predicted molar refractivity (Wildman–Crippen MR) is 89.3 cm³/mol. The molecule has 3 nitrogen and oxygen atoms in total. The summed E-state index contributed by atoms with van der Waals surface area (Å²) in [7, 11) is 0. The highest BCUT2D eigenvalue weighted by molar-refractivity contribution is 14.1. The Kier molecular flexibility index (Phi) is 5.00. The second kappa shape index (κ2) is 6.74. The normalized spacial score (nSPS) is 10.4. The monoisotopic (exact) mass is 381 g/mol. The van der Waals surface area contributed by atoms with Gasteiger partial charge in [0.05, 0.1) is 6.10 Å². The fourth-order valence-electron chi connectivity index (χ4n) is 1.75. The van der Waals surface area contributed by atoms with E-state index in [0.717, 1.165) is 9.26 Å². The van der Waals surface area contributed by atoms with Gasteiger partial charge in [-0.2, -0.15) is 0 Å². The SMILES string of the molecule is CC(C)Oc1cccc(C(=O)Nc2cccc(I)c2)c1. The van der Waals surface area contributed by atoms with Crippen LogP contribution < -0.4 is 10.1 Å². The average molecular weight is 381 g/mol. The molecule has 0 aliphatic carbocycles. The number of carbonyl (C=O) groups is 1. The van der Waals surface area contributed by atoms with Gasteiger partial charge in [0.1, 0.15) is 5.75 Å². The molecular weight excluding hydrogens is 365 g/mol. The molecule has 0 radical (unpaired) electrons. The van der Waals surface area contributed by atoms with Crippen molar-refractivity contribution in [1.82, 2.24) is 0 Å². The van der Waals surface area contributed by atoms with E-state index in [0.29, 0.717) is 11.3 Å². The number of ether oxygens (including phenoxy) is 1. The minimum absolute atomic E-state index is 0.0870. The molecule has 0 atom stereocenters. The molecule has 2 aromatic rings. The van der Waals surface area contributed by atoms with Crippen molar-refractivity contribution in [2.45, 2.75) is 20.0 Å². The van der Waals surface area contributed by atoms with Crippen LogP contribution >= 0.6 is 22.6 Å². The second-order valence-electron chi connectivity index (χ2n) is 4.66. The number of rotatable bonds is 4. The third-order valence-corrected chi connectivity index (χ3v) is 3.22. The molecule has 0 spiro atoms. The lowest BCUT2D eigenvalue weighted by molar-refractivity contribution is 0.102. The van der Waals surface area contributed by atoms with E-state index < -0.39 is 0 Å². The maximum Gasteiger partial charge on any atom is 0.255 e. The van der Waals surface area contributed by atoms with Gasteiger partial charge in [-0.05, 0) is 72.8 Å². The average Bonchev–Trinajstić information content (AvgIpc) is 2.38. The summed E-state index contributed by atoms with van der Waals surface area (Å²) < 4.78 is 6.67. The molecular formula is C16H16INO2. The van der Waals surface area contributed by atoms with Gasteiger partial charge in [0.2, 0.25) is 0 Å². The Balaban J connectivity index is 2.13. The molecule has 0 saturated heterocycles. The first-order chi connectivity index (χ1) is 9.54. The summed E-state index contributed by atoms with van der Waals surface area (Å²) in [5, 5.41) is 2.88. The fraction of sp³-hybridized carbons (Fsp3) is 0.188. The van der Waals surface area contributed by atoms with Crippen LogP contribution in [0.2, 0.25) is 0 Å². The molecule has 0 bridgehead atoms. The van der Waals surface area contributed by atoms with Crippen molar-refractivity contribution in [2.24, 2.45) is 0 Å². The van der Waals surface area contributed by atoms with Crippen molar-refractivity contribution in [3.63, 3.8) is 0 Å². The number of anilines is 1. The van der Waals surface area contributed by atoms with Crippen LogP contribution in [0, 0.1) is 3.57 Å². The molecule has 4 heteroatoms. The molecule has 0 saturated carbocycles. The van der Waals surface area contributed by atoms with E-state index in [1.807, 2.05) is 50.2 Å². The lowest BCUT2D eigenvalue weighted by Crippen LogP contribution is -2.12. The Morgan fingerprint density at radius 2 is 1.90 bits per heavy atom. The van der Waals surface area contributed by atoms with Crippen molar-refractivity contribution >= 4 is 34.2 Å². The Labute approximate surface area is 132 Å². The zero-order valence-corrected chi connectivity index (χ0v) is 13.5. The number of hydrogen-bond acceptors (Lipinski definition) is 2. The van der Waals surface area contributed by atoms with Gasteiger partial charge >= 0.3 is 0 Å². The summed E-state index contributed by atoms with van der Waals surface area (Å²) in [6.45, 7) is 3.91. The molecule has 0 unspecified atom stereocenters. The molecule has 0 aliphatic rings. The number of amides is 1. The summed E-state index contributed by atoms with van der Waals surface area (Å²) in [5.74, 6) is 0.566. The zero-order chi connectivity index (χ0) is 14.5. The van der Waals surface area contributed by atoms with E-state index in [4.69, 9.17) is 4.74 Å². The van der Waals surface area contributed by atoms with E-state index in [2.05, 4.69) is 27.9 Å². The maximum atomic E-state index is 12.2.